The number of carbonyl (C=O) groups excluding carboxylic acids is 2. The maximum Gasteiger partial charge on any atom is 0.365 e. The molecule has 28 heavy (non-hydrogen) atoms. The molecule has 0 saturated heterocycles. The lowest BCUT2D eigenvalue weighted by Gasteiger charge is -2.28. The second kappa shape index (κ2) is 10.3. The van der Waals surface area contributed by atoms with Crippen molar-refractivity contribution in [2.75, 3.05) is 10.6 Å². The summed E-state index contributed by atoms with van der Waals surface area (Å²) in [5.41, 5.74) is 1.63. The van der Waals surface area contributed by atoms with Crippen molar-refractivity contribution in [2.24, 2.45) is 0 Å². The maximum atomic E-state index is 12.7. The van der Waals surface area contributed by atoms with Crippen molar-refractivity contribution in [3.05, 3.63) is 58.1 Å². The smallest absolute Gasteiger partial charge is 0.353 e. The third-order valence-corrected chi connectivity index (χ3v) is 8.07. The largest absolute Gasteiger partial charge is 0.365 e. The summed E-state index contributed by atoms with van der Waals surface area (Å²) in [6.07, 6.45) is 0. The van der Waals surface area contributed by atoms with Gasteiger partial charge in [0, 0.05) is 17.9 Å². The van der Waals surface area contributed by atoms with Crippen molar-refractivity contribution >= 4 is 94.3 Å². The van der Waals surface area contributed by atoms with Gasteiger partial charge in [-0.1, -0.05) is 95.3 Å². The molecule has 0 heterocycles. The number of carbonyl (C=O) groups is 2. The fraction of sp³-hybridized carbons (Fsp3) is 0.222. The number of para-hydroxylation sites is 2. The van der Waals surface area contributed by atoms with Crippen LogP contribution in [0.4, 0.5) is 11.4 Å². The van der Waals surface area contributed by atoms with Crippen molar-refractivity contribution in [3.63, 3.8) is 0 Å². The van der Waals surface area contributed by atoms with E-state index in [0.717, 1.165) is 6.92 Å². The second-order valence-corrected chi connectivity index (χ2v) is 10.9. The molecule has 1 atom stereocenters. The summed E-state index contributed by atoms with van der Waals surface area (Å²) in [5.74, 6) is -2.42. The highest BCUT2D eigenvalue weighted by Crippen LogP contribution is 2.46. The van der Waals surface area contributed by atoms with Crippen LogP contribution in [0.25, 0.3) is 0 Å². The first-order valence-electron chi connectivity index (χ1n) is 7.80. The van der Waals surface area contributed by atoms with Crippen molar-refractivity contribution in [3.8, 4) is 0 Å². The molecule has 1 unspecified atom stereocenters. The SMILES string of the molecule is CC(=O)OOC(=O)C(c1ccccc1Nc1c(Cl)cccc1Cl)C(Br)(Br)CBr. The summed E-state index contributed by atoms with van der Waals surface area (Å²) in [6.45, 7) is 1.14. The Balaban J connectivity index is 2.50. The first kappa shape index (κ1) is 23.5. The normalized spacial score (nSPS) is 12.2. The van der Waals surface area contributed by atoms with Crippen LogP contribution in [0.15, 0.2) is 42.5 Å². The molecule has 0 spiro atoms. The Hall–Kier alpha value is -0.800. The van der Waals surface area contributed by atoms with Gasteiger partial charge in [-0.05, 0) is 23.8 Å². The molecule has 0 aliphatic rings. The van der Waals surface area contributed by atoms with Gasteiger partial charge in [0.25, 0.3) is 0 Å². The molecule has 1 N–H and O–H groups in total. The molecule has 0 saturated carbocycles. The highest BCUT2D eigenvalue weighted by Gasteiger charge is 2.43. The Bertz CT molecular complexity index is 859. The minimum absolute atomic E-state index is 0.334. The fourth-order valence-corrected chi connectivity index (χ4v) is 4.05. The lowest BCUT2D eigenvalue weighted by molar-refractivity contribution is -0.258. The molecule has 150 valence electrons. The molecule has 0 aliphatic carbocycles. The molecule has 0 amide bonds. The van der Waals surface area contributed by atoms with Crippen LogP contribution in [0, 0.1) is 0 Å². The van der Waals surface area contributed by atoms with Crippen LogP contribution in [0.5, 0.6) is 0 Å². The van der Waals surface area contributed by atoms with Gasteiger partial charge in [0.2, 0.25) is 0 Å². The highest BCUT2D eigenvalue weighted by atomic mass is 79.9. The van der Waals surface area contributed by atoms with Crippen molar-refractivity contribution in [1.29, 1.82) is 0 Å². The zero-order valence-corrected chi connectivity index (χ0v) is 20.6. The second-order valence-electron chi connectivity index (χ2n) is 5.61. The molecule has 0 bridgehead atoms. The van der Waals surface area contributed by atoms with Crippen LogP contribution in [0.1, 0.15) is 18.4 Å². The van der Waals surface area contributed by atoms with Gasteiger partial charge in [-0.3, -0.25) is 0 Å². The molecule has 5 nitrogen and oxygen atoms in total. The summed E-state index contributed by atoms with van der Waals surface area (Å²) in [5, 5.41) is 4.35. The van der Waals surface area contributed by atoms with Gasteiger partial charge < -0.3 is 5.32 Å². The van der Waals surface area contributed by atoms with Crippen LogP contribution in [-0.4, -0.2) is 20.5 Å². The van der Waals surface area contributed by atoms with Crippen LogP contribution < -0.4 is 5.32 Å². The van der Waals surface area contributed by atoms with Crippen LogP contribution in [0.2, 0.25) is 10.0 Å². The van der Waals surface area contributed by atoms with E-state index in [1.807, 2.05) is 0 Å². The Kier molecular flexibility index (Phi) is 8.63. The zero-order valence-electron chi connectivity index (χ0n) is 14.3. The number of hydrogen-bond acceptors (Lipinski definition) is 5. The maximum absolute atomic E-state index is 12.7. The molecular weight excluding hydrogens is 605 g/mol. The predicted octanol–water partition coefficient (Wildman–Crippen LogP) is 6.72. The molecular formula is C18H14Br3Cl2NO4. The van der Waals surface area contributed by atoms with Gasteiger partial charge in [-0.15, -0.1) is 0 Å². The first-order valence-corrected chi connectivity index (χ1v) is 11.3. The lowest BCUT2D eigenvalue weighted by Crippen LogP contribution is -2.33. The van der Waals surface area contributed by atoms with Gasteiger partial charge >= 0.3 is 11.9 Å². The van der Waals surface area contributed by atoms with E-state index in [-0.39, 0.29) is 0 Å². The topological polar surface area (TPSA) is 64.6 Å². The van der Waals surface area contributed by atoms with Crippen molar-refractivity contribution in [2.45, 2.75) is 16.1 Å². The molecule has 0 aromatic heterocycles. The predicted molar refractivity (Wildman–Crippen MR) is 121 cm³/mol. The highest BCUT2D eigenvalue weighted by molar-refractivity contribution is 9.26. The Labute approximate surface area is 197 Å². The summed E-state index contributed by atoms with van der Waals surface area (Å²) < 4.78 is -0.931. The van der Waals surface area contributed by atoms with Gasteiger partial charge in [-0.25, -0.2) is 19.4 Å². The van der Waals surface area contributed by atoms with E-state index in [4.69, 9.17) is 28.1 Å². The number of hydrogen-bond donors (Lipinski definition) is 1. The monoisotopic (exact) mass is 615 g/mol. The minimum atomic E-state index is -0.931. The lowest BCUT2D eigenvalue weighted by atomic mass is 9.94. The van der Waals surface area contributed by atoms with Gasteiger partial charge in [-0.2, -0.15) is 0 Å². The number of alkyl halides is 3. The van der Waals surface area contributed by atoms with Crippen molar-refractivity contribution < 1.29 is 19.4 Å². The van der Waals surface area contributed by atoms with E-state index in [9.17, 15) is 9.59 Å². The molecule has 0 aliphatic heterocycles. The average molecular weight is 619 g/mol. The quantitative estimate of drug-likeness (QED) is 0.221. The van der Waals surface area contributed by atoms with E-state index in [2.05, 4.69) is 58.0 Å². The van der Waals surface area contributed by atoms with Gasteiger partial charge in [0.05, 0.1) is 15.7 Å². The Morgan fingerprint density at radius 2 is 1.68 bits per heavy atom. The summed E-state index contributed by atoms with van der Waals surface area (Å²) >= 11 is 22.8. The standard InChI is InChI=1S/C18H14Br3Cl2NO4/c1-10(25)27-28-17(26)15(18(20,21)9-19)11-5-2-3-8-14(11)24-16-12(22)6-4-7-13(16)23/h2-8,15,24H,9H2,1H3. The minimum Gasteiger partial charge on any atom is -0.353 e. The first-order chi connectivity index (χ1) is 13.2. The third-order valence-electron chi connectivity index (χ3n) is 3.57. The van der Waals surface area contributed by atoms with E-state index < -0.39 is 21.1 Å². The number of rotatable bonds is 6. The molecule has 2 aromatic carbocycles. The average Bonchev–Trinajstić information content (AvgIpc) is 2.64. The molecule has 0 fully saturated rings. The number of anilines is 2. The number of halogens is 5. The summed E-state index contributed by atoms with van der Waals surface area (Å²) in [7, 11) is 0. The number of nitrogens with one attached hydrogen (secondary N) is 1. The summed E-state index contributed by atoms with van der Waals surface area (Å²) in [6, 6.07) is 12.2. The van der Waals surface area contributed by atoms with Gasteiger partial charge in [0.15, 0.2) is 0 Å². The van der Waals surface area contributed by atoms with Crippen LogP contribution in [0.3, 0.4) is 0 Å². The summed E-state index contributed by atoms with van der Waals surface area (Å²) in [4.78, 5) is 32.9. The van der Waals surface area contributed by atoms with E-state index >= 15 is 0 Å². The Morgan fingerprint density at radius 1 is 1.07 bits per heavy atom. The van der Waals surface area contributed by atoms with E-state index in [0.29, 0.717) is 32.3 Å². The third kappa shape index (κ3) is 5.86. The fourth-order valence-electron chi connectivity index (χ4n) is 2.37. The molecule has 2 aromatic rings. The molecule has 2 rings (SSSR count). The molecule has 0 radical (unpaired) electrons. The Morgan fingerprint density at radius 3 is 2.25 bits per heavy atom. The van der Waals surface area contributed by atoms with Crippen LogP contribution >= 0.6 is 71.0 Å². The number of benzene rings is 2. The van der Waals surface area contributed by atoms with E-state index in [1.54, 1.807) is 42.5 Å². The van der Waals surface area contributed by atoms with Gasteiger partial charge in [0.1, 0.15) is 9.15 Å². The van der Waals surface area contributed by atoms with Crippen molar-refractivity contribution in [1.82, 2.24) is 0 Å². The van der Waals surface area contributed by atoms with E-state index in [1.165, 1.54) is 0 Å². The zero-order chi connectivity index (χ0) is 20.9. The molecule has 10 heteroatoms. The van der Waals surface area contributed by atoms with Crippen LogP contribution in [-0.2, 0) is 19.4 Å².